The van der Waals surface area contributed by atoms with E-state index in [9.17, 15) is 9.18 Å². The van der Waals surface area contributed by atoms with Crippen molar-refractivity contribution in [1.82, 2.24) is 0 Å². The van der Waals surface area contributed by atoms with Crippen molar-refractivity contribution in [2.24, 2.45) is 22.6 Å². The Hall–Kier alpha value is -2.95. The van der Waals surface area contributed by atoms with Crippen LogP contribution in [0.15, 0.2) is 70.9 Å². The van der Waals surface area contributed by atoms with Crippen LogP contribution in [0.4, 0.5) is 4.39 Å². The zero-order valence-corrected chi connectivity index (χ0v) is 18.1. The van der Waals surface area contributed by atoms with Gasteiger partial charge >= 0.3 is 0 Å². The molecule has 0 radical (unpaired) electrons. The minimum atomic E-state index is -0.577. The van der Waals surface area contributed by atoms with E-state index in [2.05, 4.69) is 12.1 Å². The molecular weight excluding hydrogens is 391 g/mol. The highest BCUT2D eigenvalue weighted by Gasteiger charge is 2.51. The zero-order chi connectivity index (χ0) is 22.0. The molecule has 1 saturated carbocycles. The van der Waals surface area contributed by atoms with E-state index in [0.29, 0.717) is 17.7 Å². The topological polar surface area (TPSA) is 64.7 Å². The zero-order valence-electron chi connectivity index (χ0n) is 18.1. The molecule has 2 N–H and O–H groups in total. The fourth-order valence-electron chi connectivity index (χ4n) is 5.32. The molecule has 0 spiro atoms. The Bertz CT molecular complexity index is 1030. The second-order valence-electron chi connectivity index (χ2n) is 8.66. The van der Waals surface area contributed by atoms with Gasteiger partial charge in [-0.15, -0.1) is 0 Å². The van der Waals surface area contributed by atoms with Gasteiger partial charge in [0.15, 0.2) is 0 Å². The molecule has 0 saturated heterocycles. The Morgan fingerprint density at radius 1 is 1.13 bits per heavy atom. The Morgan fingerprint density at radius 3 is 2.55 bits per heavy atom. The van der Waals surface area contributed by atoms with Crippen LogP contribution in [0.2, 0.25) is 0 Å². The number of hydrogen-bond donors (Lipinski definition) is 1. The lowest BCUT2D eigenvalue weighted by Crippen LogP contribution is -2.44. The normalized spacial score (nSPS) is 25.6. The third-order valence-corrected chi connectivity index (χ3v) is 6.83. The molecule has 2 aromatic rings. The average molecular weight is 421 g/mol. The highest BCUT2D eigenvalue weighted by molar-refractivity contribution is 6.00. The van der Waals surface area contributed by atoms with E-state index in [1.54, 1.807) is 18.2 Å². The number of hydrogen-bond acceptors (Lipinski definition) is 3. The molecule has 0 bridgehead atoms. The molecule has 4 rings (SSSR count). The van der Waals surface area contributed by atoms with Gasteiger partial charge in [0.1, 0.15) is 18.2 Å². The lowest BCUT2D eigenvalue weighted by molar-refractivity contribution is -0.123. The van der Waals surface area contributed by atoms with E-state index in [4.69, 9.17) is 15.5 Å². The Labute approximate surface area is 183 Å². The first-order valence-electron chi connectivity index (χ1n) is 10.9. The molecule has 31 heavy (non-hydrogen) atoms. The number of halogens is 1. The van der Waals surface area contributed by atoms with Crippen molar-refractivity contribution >= 4 is 11.6 Å². The van der Waals surface area contributed by atoms with Gasteiger partial charge in [-0.1, -0.05) is 55.0 Å². The number of benzene rings is 2. The largest absolute Gasteiger partial charge is 0.487 e. The van der Waals surface area contributed by atoms with Gasteiger partial charge in [-0.2, -0.15) is 0 Å². The van der Waals surface area contributed by atoms with E-state index in [0.717, 1.165) is 36.1 Å². The van der Waals surface area contributed by atoms with E-state index in [1.165, 1.54) is 6.07 Å². The molecule has 1 aliphatic heterocycles. The molecule has 1 fully saturated rings. The van der Waals surface area contributed by atoms with Gasteiger partial charge < -0.3 is 10.5 Å². The van der Waals surface area contributed by atoms with Gasteiger partial charge in [-0.05, 0) is 49.8 Å². The van der Waals surface area contributed by atoms with Crippen molar-refractivity contribution < 1.29 is 13.9 Å². The second kappa shape index (κ2) is 8.66. The molecule has 3 unspecified atom stereocenters. The van der Waals surface area contributed by atoms with Crippen LogP contribution in [0.5, 0.6) is 0 Å². The maximum atomic E-state index is 14.1. The van der Waals surface area contributed by atoms with E-state index in [-0.39, 0.29) is 30.2 Å². The number of rotatable bonds is 7. The van der Waals surface area contributed by atoms with Crippen LogP contribution in [0.1, 0.15) is 44.2 Å². The van der Waals surface area contributed by atoms with Gasteiger partial charge in [0, 0.05) is 17.9 Å². The summed E-state index contributed by atoms with van der Waals surface area (Å²) in [6.45, 7) is 4.11. The number of allylic oxidation sites excluding steroid dienone is 1. The third-order valence-electron chi connectivity index (χ3n) is 6.83. The summed E-state index contributed by atoms with van der Waals surface area (Å²) in [5.41, 5.74) is 8.68. The first-order chi connectivity index (χ1) is 14.9. The van der Waals surface area contributed by atoms with Crippen LogP contribution in [-0.4, -0.2) is 17.2 Å². The molecule has 162 valence electrons. The Morgan fingerprint density at radius 2 is 1.84 bits per heavy atom. The van der Waals surface area contributed by atoms with Crippen LogP contribution >= 0.6 is 0 Å². The first-order valence-corrected chi connectivity index (χ1v) is 10.9. The fraction of sp³-hybridized carbons (Fsp3) is 0.385. The molecule has 2 aromatic carbocycles. The lowest BCUT2D eigenvalue weighted by Gasteiger charge is -2.37. The van der Waals surface area contributed by atoms with Crippen molar-refractivity contribution in [3.05, 3.63) is 82.9 Å². The van der Waals surface area contributed by atoms with Gasteiger partial charge in [-0.25, -0.2) is 4.39 Å². The smallest absolute Gasteiger partial charge is 0.220 e. The number of ether oxygens (including phenoxy) is 1. The molecule has 3 atom stereocenters. The molecule has 1 aliphatic carbocycles. The van der Waals surface area contributed by atoms with Crippen LogP contribution in [0.3, 0.4) is 0 Å². The molecule has 1 amide bonds. The standard InChI is InChI=1S/C26H29FN2O2/c1-17-24(31-16-20-11-6-7-14-23(20)27)18(2)29-26(17,15-19-9-4-3-5-10-19)22-13-8-12-21(22)25(28)30/h3-7,9-11,14,21-22H,8,12-13,15-16H2,1-2H3,(H2,28,30). The number of carbonyl (C=O) groups excluding carboxylic acids is 1. The summed E-state index contributed by atoms with van der Waals surface area (Å²) in [4.78, 5) is 17.4. The summed E-state index contributed by atoms with van der Waals surface area (Å²) in [5.74, 6) is -0.0186. The fourth-order valence-corrected chi connectivity index (χ4v) is 5.32. The number of nitrogens with zero attached hydrogens (tertiary/aromatic N) is 1. The molecular formula is C26H29FN2O2. The van der Waals surface area contributed by atoms with Gasteiger partial charge in [0.2, 0.25) is 5.91 Å². The summed E-state index contributed by atoms with van der Waals surface area (Å²) in [6, 6.07) is 16.8. The Balaban J connectivity index is 1.72. The summed E-state index contributed by atoms with van der Waals surface area (Å²) >= 11 is 0. The van der Waals surface area contributed by atoms with Crippen molar-refractivity contribution in [2.75, 3.05) is 0 Å². The number of nitrogens with two attached hydrogens (primary N) is 1. The van der Waals surface area contributed by atoms with Crippen molar-refractivity contribution in [3.8, 4) is 0 Å². The van der Waals surface area contributed by atoms with Crippen molar-refractivity contribution in [1.29, 1.82) is 0 Å². The molecule has 4 nitrogen and oxygen atoms in total. The molecule has 0 aromatic heterocycles. The maximum Gasteiger partial charge on any atom is 0.220 e. The summed E-state index contributed by atoms with van der Waals surface area (Å²) in [7, 11) is 0. The van der Waals surface area contributed by atoms with Crippen LogP contribution in [-0.2, 0) is 22.6 Å². The minimum absolute atomic E-state index is 0.0229. The number of carbonyl (C=O) groups is 1. The predicted molar refractivity (Wildman–Crippen MR) is 120 cm³/mol. The third kappa shape index (κ3) is 4.01. The molecule has 2 aliphatic rings. The van der Waals surface area contributed by atoms with Crippen LogP contribution < -0.4 is 5.73 Å². The predicted octanol–water partition coefficient (Wildman–Crippen LogP) is 4.97. The van der Waals surface area contributed by atoms with E-state index >= 15 is 0 Å². The van der Waals surface area contributed by atoms with Crippen LogP contribution in [0.25, 0.3) is 0 Å². The monoisotopic (exact) mass is 420 g/mol. The van der Waals surface area contributed by atoms with Crippen molar-refractivity contribution in [2.45, 2.75) is 51.7 Å². The highest BCUT2D eigenvalue weighted by atomic mass is 19.1. The van der Waals surface area contributed by atoms with Crippen LogP contribution in [0, 0.1) is 17.7 Å². The second-order valence-corrected chi connectivity index (χ2v) is 8.66. The van der Waals surface area contributed by atoms with Gasteiger partial charge in [0.25, 0.3) is 0 Å². The van der Waals surface area contributed by atoms with Gasteiger partial charge in [-0.3, -0.25) is 9.79 Å². The first kappa shape index (κ1) is 21.3. The number of primary amides is 1. The average Bonchev–Trinajstić information content (AvgIpc) is 3.33. The summed E-state index contributed by atoms with van der Waals surface area (Å²) in [6.07, 6.45) is 3.33. The minimum Gasteiger partial charge on any atom is -0.487 e. The molecule has 1 heterocycles. The number of amides is 1. The molecule has 5 heteroatoms. The van der Waals surface area contributed by atoms with E-state index in [1.807, 2.05) is 32.0 Å². The summed E-state index contributed by atoms with van der Waals surface area (Å²) in [5, 5.41) is 0. The number of aliphatic imine (C=N–C) groups is 1. The van der Waals surface area contributed by atoms with E-state index < -0.39 is 5.54 Å². The quantitative estimate of drug-likeness (QED) is 0.687. The maximum absolute atomic E-state index is 14.1. The lowest BCUT2D eigenvalue weighted by atomic mass is 9.70. The Kier molecular flexibility index (Phi) is 5.94. The highest BCUT2D eigenvalue weighted by Crippen LogP contribution is 2.50. The SMILES string of the molecule is CC1=NC(Cc2ccccc2)(C2CCCC2C(N)=O)C(C)=C1OCc1ccccc1F. The summed E-state index contributed by atoms with van der Waals surface area (Å²) < 4.78 is 20.2. The van der Waals surface area contributed by atoms with Gasteiger partial charge in [0.05, 0.1) is 11.3 Å². The van der Waals surface area contributed by atoms with Crippen molar-refractivity contribution in [3.63, 3.8) is 0 Å².